The summed E-state index contributed by atoms with van der Waals surface area (Å²) in [4.78, 5) is 0. The lowest BCUT2D eigenvalue weighted by Gasteiger charge is -2.26. The van der Waals surface area contributed by atoms with Crippen LogP contribution in [0.3, 0.4) is 0 Å². The second-order valence-electron chi connectivity index (χ2n) is 5.26. The van der Waals surface area contributed by atoms with Crippen molar-refractivity contribution in [1.29, 1.82) is 0 Å². The molecule has 0 spiro atoms. The molecule has 3 nitrogen and oxygen atoms in total. The molecule has 1 N–H and O–H groups in total. The fourth-order valence-corrected chi connectivity index (χ4v) is 2.75. The van der Waals surface area contributed by atoms with Gasteiger partial charge in [0, 0.05) is 18.1 Å². The van der Waals surface area contributed by atoms with Crippen molar-refractivity contribution in [2.45, 2.75) is 18.8 Å². The second kappa shape index (κ2) is 6.64. The second-order valence-corrected chi connectivity index (χ2v) is 5.26. The average molecular weight is 284 g/mol. The molecule has 110 valence electrons. The first kappa shape index (κ1) is 14.0. The van der Waals surface area contributed by atoms with E-state index in [2.05, 4.69) is 6.07 Å². The van der Waals surface area contributed by atoms with Crippen LogP contribution >= 0.6 is 0 Å². The van der Waals surface area contributed by atoms with Crippen LogP contribution < -0.4 is 9.47 Å². The zero-order chi connectivity index (χ0) is 14.5. The van der Waals surface area contributed by atoms with E-state index >= 15 is 0 Å². The van der Waals surface area contributed by atoms with Gasteiger partial charge in [0.05, 0.1) is 13.2 Å². The van der Waals surface area contributed by atoms with Crippen LogP contribution in [0.25, 0.3) is 0 Å². The molecule has 0 saturated carbocycles. The van der Waals surface area contributed by atoms with Crippen molar-refractivity contribution >= 4 is 0 Å². The molecular formula is C18H20O3. The molecule has 1 heterocycles. The zero-order valence-corrected chi connectivity index (χ0v) is 12.0. The van der Waals surface area contributed by atoms with Crippen LogP contribution in [-0.2, 0) is 6.42 Å². The van der Waals surface area contributed by atoms with Gasteiger partial charge in [-0.25, -0.2) is 0 Å². The minimum atomic E-state index is 0.139. The number of fused-ring (bicyclic) bond motifs is 1. The van der Waals surface area contributed by atoms with Gasteiger partial charge in [-0.3, -0.25) is 0 Å². The molecule has 0 saturated heterocycles. The van der Waals surface area contributed by atoms with E-state index in [1.807, 2.05) is 42.5 Å². The van der Waals surface area contributed by atoms with Crippen LogP contribution in [0.1, 0.15) is 23.5 Å². The normalized spacial score (nSPS) is 16.9. The van der Waals surface area contributed by atoms with E-state index in [0.717, 1.165) is 30.1 Å². The Morgan fingerprint density at radius 1 is 1.10 bits per heavy atom. The highest BCUT2D eigenvalue weighted by atomic mass is 16.5. The molecule has 0 aromatic heterocycles. The molecule has 2 aromatic rings. The lowest BCUT2D eigenvalue weighted by molar-refractivity contribution is 0.215. The molecule has 1 atom stereocenters. The lowest BCUT2D eigenvalue weighted by atomic mass is 9.94. The summed E-state index contributed by atoms with van der Waals surface area (Å²) < 4.78 is 11.7. The number of aliphatic hydroxyl groups excluding tert-OH is 1. The maximum absolute atomic E-state index is 9.12. The van der Waals surface area contributed by atoms with Gasteiger partial charge in [-0.1, -0.05) is 36.4 Å². The minimum Gasteiger partial charge on any atom is -0.493 e. The molecule has 1 unspecified atom stereocenters. The summed E-state index contributed by atoms with van der Waals surface area (Å²) in [6.07, 6.45) is 1.60. The molecule has 0 bridgehead atoms. The molecule has 0 fully saturated rings. The molecule has 21 heavy (non-hydrogen) atoms. The highest BCUT2D eigenvalue weighted by Gasteiger charge is 2.21. The van der Waals surface area contributed by atoms with E-state index in [9.17, 15) is 0 Å². The van der Waals surface area contributed by atoms with Crippen molar-refractivity contribution in [3.63, 3.8) is 0 Å². The number of aliphatic hydroxyl groups is 1. The van der Waals surface area contributed by atoms with E-state index in [-0.39, 0.29) is 6.61 Å². The fraction of sp³-hybridized carbons (Fsp3) is 0.333. The number of hydrogen-bond acceptors (Lipinski definition) is 3. The van der Waals surface area contributed by atoms with E-state index in [0.29, 0.717) is 18.9 Å². The smallest absolute Gasteiger partial charge is 0.122 e. The van der Waals surface area contributed by atoms with Gasteiger partial charge in [0.25, 0.3) is 0 Å². The molecule has 0 aliphatic carbocycles. The van der Waals surface area contributed by atoms with E-state index in [4.69, 9.17) is 14.6 Å². The van der Waals surface area contributed by atoms with Crippen molar-refractivity contribution in [2.75, 3.05) is 19.8 Å². The van der Waals surface area contributed by atoms with E-state index in [1.165, 1.54) is 5.56 Å². The first-order valence-electron chi connectivity index (χ1n) is 7.42. The maximum atomic E-state index is 9.12. The van der Waals surface area contributed by atoms with Crippen LogP contribution in [0, 0.1) is 0 Å². The molecule has 1 aliphatic rings. The largest absolute Gasteiger partial charge is 0.493 e. The van der Waals surface area contributed by atoms with Gasteiger partial charge in [0.1, 0.15) is 11.5 Å². The molecule has 0 amide bonds. The Bertz CT molecular complexity index is 595. The Labute approximate surface area is 125 Å². The van der Waals surface area contributed by atoms with Gasteiger partial charge in [-0.15, -0.1) is 0 Å². The predicted octanol–water partition coefficient (Wildman–Crippen LogP) is 3.17. The minimum absolute atomic E-state index is 0.139. The fourth-order valence-electron chi connectivity index (χ4n) is 2.75. The Morgan fingerprint density at radius 3 is 2.81 bits per heavy atom. The highest BCUT2D eigenvalue weighted by Crippen LogP contribution is 2.34. The number of rotatable bonds is 5. The SMILES string of the molecule is OCCc1ccccc1OCC1CCOc2ccccc21. The summed E-state index contributed by atoms with van der Waals surface area (Å²) in [5.74, 6) is 2.20. The monoisotopic (exact) mass is 284 g/mol. The Balaban J connectivity index is 1.72. The third kappa shape index (κ3) is 3.19. The summed E-state index contributed by atoms with van der Waals surface area (Å²) in [5, 5.41) is 9.12. The van der Waals surface area contributed by atoms with Crippen molar-refractivity contribution in [3.8, 4) is 11.5 Å². The van der Waals surface area contributed by atoms with Crippen LogP contribution in [-0.4, -0.2) is 24.9 Å². The number of para-hydroxylation sites is 2. The number of benzene rings is 2. The van der Waals surface area contributed by atoms with Crippen molar-refractivity contribution in [1.82, 2.24) is 0 Å². The molecule has 3 heteroatoms. The van der Waals surface area contributed by atoms with Gasteiger partial charge in [0.2, 0.25) is 0 Å². The lowest BCUT2D eigenvalue weighted by Crippen LogP contribution is -2.19. The Morgan fingerprint density at radius 2 is 1.90 bits per heavy atom. The standard InChI is InChI=1S/C18H20O3/c19-11-9-14-5-1-3-7-17(14)21-13-15-10-12-20-18-8-4-2-6-16(15)18/h1-8,15,19H,9-13H2. The Hall–Kier alpha value is -2.00. The van der Waals surface area contributed by atoms with Crippen LogP contribution in [0.4, 0.5) is 0 Å². The summed E-state index contributed by atoms with van der Waals surface area (Å²) in [6.45, 7) is 1.52. The third-order valence-electron chi connectivity index (χ3n) is 3.88. The van der Waals surface area contributed by atoms with E-state index < -0.39 is 0 Å². The van der Waals surface area contributed by atoms with Gasteiger partial charge in [-0.05, 0) is 30.5 Å². The first-order valence-corrected chi connectivity index (χ1v) is 7.42. The number of ether oxygens (including phenoxy) is 2. The van der Waals surface area contributed by atoms with Crippen LogP contribution in [0.5, 0.6) is 11.5 Å². The number of hydrogen-bond donors (Lipinski definition) is 1. The van der Waals surface area contributed by atoms with Gasteiger partial charge < -0.3 is 14.6 Å². The third-order valence-corrected chi connectivity index (χ3v) is 3.88. The molecule has 1 aliphatic heterocycles. The van der Waals surface area contributed by atoms with Crippen LogP contribution in [0.2, 0.25) is 0 Å². The predicted molar refractivity (Wildman–Crippen MR) is 82.0 cm³/mol. The summed E-state index contributed by atoms with van der Waals surface area (Å²) in [5.41, 5.74) is 2.28. The highest BCUT2D eigenvalue weighted by molar-refractivity contribution is 5.38. The van der Waals surface area contributed by atoms with Gasteiger partial charge in [0.15, 0.2) is 0 Å². The molecular weight excluding hydrogens is 264 g/mol. The quantitative estimate of drug-likeness (QED) is 0.916. The summed E-state index contributed by atoms with van der Waals surface area (Å²) >= 11 is 0. The summed E-state index contributed by atoms with van der Waals surface area (Å²) in [7, 11) is 0. The van der Waals surface area contributed by atoms with Gasteiger partial charge >= 0.3 is 0 Å². The van der Waals surface area contributed by atoms with Crippen LogP contribution in [0.15, 0.2) is 48.5 Å². The van der Waals surface area contributed by atoms with Crippen molar-refractivity contribution in [2.24, 2.45) is 0 Å². The van der Waals surface area contributed by atoms with Crippen molar-refractivity contribution in [3.05, 3.63) is 59.7 Å². The van der Waals surface area contributed by atoms with Crippen molar-refractivity contribution < 1.29 is 14.6 Å². The average Bonchev–Trinajstić information content (AvgIpc) is 2.54. The summed E-state index contributed by atoms with van der Waals surface area (Å²) in [6, 6.07) is 16.1. The van der Waals surface area contributed by atoms with Gasteiger partial charge in [-0.2, -0.15) is 0 Å². The zero-order valence-electron chi connectivity index (χ0n) is 12.0. The first-order chi connectivity index (χ1) is 10.4. The van der Waals surface area contributed by atoms with E-state index in [1.54, 1.807) is 0 Å². The molecule has 2 aromatic carbocycles. The Kier molecular flexibility index (Phi) is 4.41. The topological polar surface area (TPSA) is 38.7 Å². The molecule has 0 radical (unpaired) electrons. The maximum Gasteiger partial charge on any atom is 0.122 e. The molecule has 3 rings (SSSR count).